The molecule has 0 heterocycles. The van der Waals surface area contributed by atoms with E-state index in [-0.39, 0.29) is 5.75 Å². The SMILES string of the molecule is CCNC(=NCCNS(=O)(=O)CC)NC1CCC(C)CC1. The molecule has 0 amide bonds. The van der Waals surface area contributed by atoms with E-state index in [1.165, 1.54) is 25.7 Å². The van der Waals surface area contributed by atoms with E-state index in [1.54, 1.807) is 6.92 Å². The minimum Gasteiger partial charge on any atom is -0.357 e. The molecule has 0 aromatic heterocycles. The molecule has 3 N–H and O–H groups in total. The molecule has 1 aliphatic carbocycles. The molecule has 0 aromatic rings. The van der Waals surface area contributed by atoms with Gasteiger partial charge in [-0.3, -0.25) is 4.99 Å². The average Bonchev–Trinajstić information content (AvgIpc) is 2.46. The van der Waals surface area contributed by atoms with Crippen LogP contribution in [0.15, 0.2) is 4.99 Å². The number of hydrogen-bond acceptors (Lipinski definition) is 3. The lowest BCUT2D eigenvalue weighted by atomic mass is 9.87. The molecule has 1 fully saturated rings. The molecule has 1 saturated carbocycles. The summed E-state index contributed by atoms with van der Waals surface area (Å²) < 4.78 is 25.2. The van der Waals surface area contributed by atoms with Crippen molar-refractivity contribution < 1.29 is 8.42 Å². The molecule has 7 heteroatoms. The van der Waals surface area contributed by atoms with Crippen molar-refractivity contribution in [1.29, 1.82) is 0 Å². The summed E-state index contributed by atoms with van der Waals surface area (Å²) in [6.45, 7) is 7.54. The third-order valence-corrected chi connectivity index (χ3v) is 5.19. The summed E-state index contributed by atoms with van der Waals surface area (Å²) in [5.41, 5.74) is 0. The molecule has 6 nitrogen and oxygen atoms in total. The number of nitrogens with zero attached hydrogens (tertiary/aromatic N) is 1. The molecule has 124 valence electrons. The van der Waals surface area contributed by atoms with Crippen molar-refractivity contribution in [2.45, 2.75) is 52.5 Å². The van der Waals surface area contributed by atoms with Crippen molar-refractivity contribution in [3.05, 3.63) is 0 Å². The van der Waals surface area contributed by atoms with Gasteiger partial charge in [0.15, 0.2) is 5.96 Å². The summed E-state index contributed by atoms with van der Waals surface area (Å²) in [4.78, 5) is 4.43. The van der Waals surface area contributed by atoms with Crippen LogP contribution in [-0.2, 0) is 10.0 Å². The third-order valence-electron chi connectivity index (χ3n) is 3.78. The van der Waals surface area contributed by atoms with Crippen molar-refractivity contribution in [1.82, 2.24) is 15.4 Å². The second kappa shape index (κ2) is 9.25. The molecule has 0 atom stereocenters. The number of rotatable bonds is 7. The van der Waals surface area contributed by atoms with Crippen molar-refractivity contribution in [3.63, 3.8) is 0 Å². The van der Waals surface area contributed by atoms with Crippen LogP contribution in [0.25, 0.3) is 0 Å². The first-order valence-corrected chi connectivity index (χ1v) is 9.64. The lowest BCUT2D eigenvalue weighted by Gasteiger charge is -2.28. The Balaban J connectivity index is 2.39. The van der Waals surface area contributed by atoms with Gasteiger partial charge in [-0.1, -0.05) is 6.92 Å². The fourth-order valence-electron chi connectivity index (χ4n) is 2.39. The fraction of sp³-hybridized carbons (Fsp3) is 0.929. The van der Waals surface area contributed by atoms with Gasteiger partial charge >= 0.3 is 0 Å². The normalized spacial score (nSPS) is 23.9. The van der Waals surface area contributed by atoms with Gasteiger partial charge in [-0.25, -0.2) is 13.1 Å². The van der Waals surface area contributed by atoms with Crippen LogP contribution in [0.2, 0.25) is 0 Å². The van der Waals surface area contributed by atoms with Crippen molar-refractivity contribution in [2.75, 3.05) is 25.4 Å². The molecule has 0 saturated heterocycles. The summed E-state index contributed by atoms with van der Waals surface area (Å²) >= 11 is 0. The zero-order valence-electron chi connectivity index (χ0n) is 13.5. The minimum atomic E-state index is -3.12. The van der Waals surface area contributed by atoms with Gasteiger partial charge in [0.2, 0.25) is 10.0 Å². The van der Waals surface area contributed by atoms with Crippen molar-refractivity contribution in [2.24, 2.45) is 10.9 Å². The largest absolute Gasteiger partial charge is 0.357 e. The first kappa shape index (κ1) is 18.2. The molecule has 0 unspecified atom stereocenters. The maximum Gasteiger partial charge on any atom is 0.211 e. The van der Waals surface area contributed by atoms with Crippen LogP contribution in [0.3, 0.4) is 0 Å². The number of sulfonamides is 1. The number of nitrogens with one attached hydrogen (secondary N) is 3. The molecule has 0 aromatic carbocycles. The van der Waals surface area contributed by atoms with Gasteiger partial charge < -0.3 is 10.6 Å². The average molecular weight is 318 g/mol. The summed E-state index contributed by atoms with van der Waals surface area (Å²) in [6, 6.07) is 0.478. The molecule has 0 spiro atoms. The highest BCUT2D eigenvalue weighted by Crippen LogP contribution is 2.23. The van der Waals surface area contributed by atoms with Gasteiger partial charge in [0.05, 0.1) is 12.3 Å². The highest BCUT2D eigenvalue weighted by Gasteiger charge is 2.18. The smallest absolute Gasteiger partial charge is 0.211 e. The van der Waals surface area contributed by atoms with Crippen LogP contribution in [0.1, 0.15) is 46.5 Å². The second-order valence-corrected chi connectivity index (χ2v) is 7.76. The summed E-state index contributed by atoms with van der Waals surface area (Å²) in [6.07, 6.45) is 4.86. The van der Waals surface area contributed by atoms with Gasteiger partial charge in [-0.2, -0.15) is 0 Å². The molecule has 1 rings (SSSR count). The monoisotopic (exact) mass is 318 g/mol. The van der Waals surface area contributed by atoms with Crippen molar-refractivity contribution >= 4 is 16.0 Å². The van der Waals surface area contributed by atoms with Crippen molar-refractivity contribution in [3.8, 4) is 0 Å². The van der Waals surface area contributed by atoms with Gasteiger partial charge in [-0.05, 0) is 45.4 Å². The summed E-state index contributed by atoms with van der Waals surface area (Å²) in [5, 5.41) is 6.67. The van der Waals surface area contributed by atoms with Crippen LogP contribution in [0.5, 0.6) is 0 Å². The maximum absolute atomic E-state index is 11.3. The van der Waals surface area contributed by atoms with Gasteiger partial charge in [0, 0.05) is 19.1 Å². The van der Waals surface area contributed by atoms with Crippen LogP contribution in [0.4, 0.5) is 0 Å². The Morgan fingerprint density at radius 2 is 1.86 bits per heavy atom. The van der Waals surface area contributed by atoms with E-state index in [9.17, 15) is 8.42 Å². The third kappa shape index (κ3) is 7.66. The second-order valence-electron chi connectivity index (χ2n) is 5.66. The molecular formula is C14H30N4O2S. The molecule has 0 aliphatic heterocycles. The van der Waals surface area contributed by atoms with E-state index < -0.39 is 10.0 Å². The van der Waals surface area contributed by atoms with Gasteiger partial charge in [0.1, 0.15) is 0 Å². The Bertz CT molecular complexity index is 415. The Hall–Kier alpha value is -0.820. The van der Waals surface area contributed by atoms with E-state index in [4.69, 9.17) is 0 Å². The minimum absolute atomic E-state index is 0.106. The van der Waals surface area contributed by atoms with E-state index >= 15 is 0 Å². The molecule has 0 bridgehead atoms. The lowest BCUT2D eigenvalue weighted by Crippen LogP contribution is -2.45. The zero-order chi connectivity index (χ0) is 15.7. The van der Waals surface area contributed by atoms with E-state index in [0.29, 0.717) is 19.1 Å². The van der Waals surface area contributed by atoms with Gasteiger partial charge in [-0.15, -0.1) is 0 Å². The highest BCUT2D eigenvalue weighted by atomic mass is 32.2. The maximum atomic E-state index is 11.3. The molecule has 0 radical (unpaired) electrons. The first-order valence-electron chi connectivity index (χ1n) is 7.99. The van der Waals surface area contributed by atoms with Crippen LogP contribution >= 0.6 is 0 Å². The summed E-state index contributed by atoms with van der Waals surface area (Å²) in [5.74, 6) is 1.72. The standard InChI is InChI=1S/C14H30N4O2S/c1-4-15-14(16-10-11-17-21(19,20)5-2)18-13-8-6-12(3)7-9-13/h12-13,17H,4-11H2,1-3H3,(H2,15,16,18). The first-order chi connectivity index (χ1) is 9.96. The molecular weight excluding hydrogens is 288 g/mol. The Morgan fingerprint density at radius 1 is 1.19 bits per heavy atom. The number of guanidine groups is 1. The zero-order valence-corrected chi connectivity index (χ0v) is 14.3. The van der Waals surface area contributed by atoms with E-state index in [1.807, 2.05) is 6.92 Å². The van der Waals surface area contributed by atoms with Crippen LogP contribution < -0.4 is 15.4 Å². The fourth-order valence-corrected chi connectivity index (χ4v) is 3.00. The number of aliphatic imine (C=N–C) groups is 1. The Morgan fingerprint density at radius 3 is 2.43 bits per heavy atom. The predicted molar refractivity (Wildman–Crippen MR) is 88.0 cm³/mol. The predicted octanol–water partition coefficient (Wildman–Crippen LogP) is 1.06. The molecule has 1 aliphatic rings. The van der Waals surface area contributed by atoms with Gasteiger partial charge in [0.25, 0.3) is 0 Å². The quantitative estimate of drug-likeness (QED) is 0.372. The lowest BCUT2D eigenvalue weighted by molar-refractivity contribution is 0.329. The van der Waals surface area contributed by atoms with Crippen LogP contribution in [0, 0.1) is 5.92 Å². The number of hydrogen-bond donors (Lipinski definition) is 3. The van der Waals surface area contributed by atoms with E-state index in [0.717, 1.165) is 18.4 Å². The van der Waals surface area contributed by atoms with E-state index in [2.05, 4.69) is 27.3 Å². The molecule has 21 heavy (non-hydrogen) atoms. The summed E-state index contributed by atoms with van der Waals surface area (Å²) in [7, 11) is -3.12. The Kier molecular flexibility index (Phi) is 8.03. The van der Waals surface area contributed by atoms with Crippen LogP contribution in [-0.4, -0.2) is 45.8 Å². The Labute approximate surface area is 129 Å². The topological polar surface area (TPSA) is 82.6 Å². The highest BCUT2D eigenvalue weighted by molar-refractivity contribution is 7.89.